The van der Waals surface area contributed by atoms with Crippen molar-refractivity contribution in [2.24, 2.45) is 0 Å². The van der Waals surface area contributed by atoms with E-state index in [0.717, 1.165) is 13.0 Å². The molecule has 8 heteroatoms. The van der Waals surface area contributed by atoms with Crippen LogP contribution in [0.1, 0.15) is 39.0 Å². The van der Waals surface area contributed by atoms with Crippen molar-refractivity contribution in [2.75, 3.05) is 32.4 Å². The molecule has 7 nitrogen and oxygen atoms in total. The molecule has 0 saturated carbocycles. The van der Waals surface area contributed by atoms with Crippen LogP contribution in [0.5, 0.6) is 0 Å². The topological polar surface area (TPSA) is 79.5 Å². The van der Waals surface area contributed by atoms with E-state index < -0.39 is 10.0 Å². The molecular weight excluding hydrogens is 292 g/mol. The number of aromatic nitrogens is 2. The van der Waals surface area contributed by atoms with Crippen molar-refractivity contribution in [2.45, 2.75) is 39.2 Å². The quantitative estimate of drug-likeness (QED) is 0.822. The van der Waals surface area contributed by atoms with Crippen molar-refractivity contribution in [1.82, 2.24) is 19.4 Å². The Hall–Kier alpha value is -0.990. The van der Waals surface area contributed by atoms with E-state index in [0.29, 0.717) is 38.0 Å². The number of hydrogen-bond donors (Lipinski definition) is 0. The molecule has 0 bridgehead atoms. The molecule has 2 heterocycles. The van der Waals surface area contributed by atoms with Crippen LogP contribution >= 0.6 is 0 Å². The van der Waals surface area contributed by atoms with Crippen LogP contribution in [0.3, 0.4) is 0 Å². The standard InChI is InChI=1S/C13H24N4O3S/c1-13(2,3)12-15-14-11(20-12)10-16-6-5-7-17(9-8-16)21(4,18)19/h5-10H2,1-4H3. The van der Waals surface area contributed by atoms with Gasteiger partial charge in [0.1, 0.15) is 0 Å². The lowest BCUT2D eigenvalue weighted by Gasteiger charge is -2.19. The van der Waals surface area contributed by atoms with Crippen molar-refractivity contribution in [1.29, 1.82) is 0 Å². The number of sulfonamides is 1. The van der Waals surface area contributed by atoms with Gasteiger partial charge in [-0.2, -0.15) is 0 Å². The van der Waals surface area contributed by atoms with Crippen molar-refractivity contribution < 1.29 is 12.8 Å². The molecule has 0 atom stereocenters. The zero-order valence-corrected chi connectivity index (χ0v) is 14.0. The Bertz CT molecular complexity index is 576. The number of rotatable bonds is 3. The first kappa shape index (κ1) is 16.4. The second-order valence-corrected chi connectivity index (χ2v) is 8.53. The molecule has 1 aliphatic rings. The summed E-state index contributed by atoms with van der Waals surface area (Å²) in [7, 11) is -3.11. The summed E-state index contributed by atoms with van der Waals surface area (Å²) in [5.74, 6) is 1.22. The van der Waals surface area contributed by atoms with Crippen LogP contribution in [0.4, 0.5) is 0 Å². The fourth-order valence-corrected chi connectivity index (χ4v) is 3.12. The van der Waals surface area contributed by atoms with Gasteiger partial charge in [0.2, 0.25) is 21.8 Å². The summed E-state index contributed by atoms with van der Waals surface area (Å²) in [5.41, 5.74) is -0.156. The van der Waals surface area contributed by atoms with Gasteiger partial charge in [-0.1, -0.05) is 20.8 Å². The van der Waals surface area contributed by atoms with E-state index in [1.165, 1.54) is 10.6 Å². The Labute approximate surface area is 126 Å². The van der Waals surface area contributed by atoms with Crippen LogP contribution in [0.2, 0.25) is 0 Å². The Morgan fingerprint density at radius 2 is 1.86 bits per heavy atom. The third-order valence-electron chi connectivity index (χ3n) is 3.48. The average molecular weight is 316 g/mol. The molecule has 1 aliphatic heterocycles. The van der Waals surface area contributed by atoms with Crippen LogP contribution in [0, 0.1) is 0 Å². The van der Waals surface area contributed by atoms with Crippen molar-refractivity contribution >= 4 is 10.0 Å². The number of hydrogen-bond acceptors (Lipinski definition) is 6. The van der Waals surface area contributed by atoms with Gasteiger partial charge in [-0.15, -0.1) is 10.2 Å². The van der Waals surface area contributed by atoms with E-state index in [2.05, 4.69) is 15.1 Å². The molecule has 21 heavy (non-hydrogen) atoms. The summed E-state index contributed by atoms with van der Waals surface area (Å²) in [6, 6.07) is 0. The van der Waals surface area contributed by atoms with Crippen molar-refractivity contribution in [3.8, 4) is 0 Å². The van der Waals surface area contributed by atoms with Crippen LogP contribution in [0.25, 0.3) is 0 Å². The molecule has 1 saturated heterocycles. The highest BCUT2D eigenvalue weighted by Gasteiger charge is 2.24. The average Bonchev–Trinajstić information content (AvgIpc) is 2.66. The van der Waals surface area contributed by atoms with E-state index in [4.69, 9.17) is 4.42 Å². The largest absolute Gasteiger partial charge is 0.423 e. The summed E-state index contributed by atoms with van der Waals surface area (Å²) in [6.45, 7) is 9.26. The van der Waals surface area contributed by atoms with Gasteiger partial charge < -0.3 is 4.42 Å². The predicted octanol–water partition coefficient (Wildman–Crippen LogP) is 0.834. The Morgan fingerprint density at radius 1 is 1.14 bits per heavy atom. The minimum Gasteiger partial charge on any atom is -0.423 e. The zero-order chi connectivity index (χ0) is 15.7. The van der Waals surface area contributed by atoms with Crippen LogP contribution in [-0.2, 0) is 22.0 Å². The lowest BCUT2D eigenvalue weighted by molar-refractivity contribution is 0.242. The normalized spacial score (nSPS) is 19.6. The van der Waals surface area contributed by atoms with Gasteiger partial charge in [-0.25, -0.2) is 12.7 Å². The number of nitrogens with zero attached hydrogens (tertiary/aromatic N) is 4. The molecule has 2 rings (SSSR count). The fourth-order valence-electron chi connectivity index (χ4n) is 2.25. The summed E-state index contributed by atoms with van der Waals surface area (Å²) in [4.78, 5) is 2.16. The van der Waals surface area contributed by atoms with Gasteiger partial charge in [0.15, 0.2) is 0 Å². The zero-order valence-electron chi connectivity index (χ0n) is 13.2. The minimum absolute atomic E-state index is 0.156. The Morgan fingerprint density at radius 3 is 2.43 bits per heavy atom. The Kier molecular flexibility index (Phi) is 4.69. The first-order chi connectivity index (χ1) is 9.66. The maximum Gasteiger partial charge on any atom is 0.230 e. The molecule has 0 spiro atoms. The second kappa shape index (κ2) is 6.02. The van der Waals surface area contributed by atoms with E-state index >= 15 is 0 Å². The van der Waals surface area contributed by atoms with Gasteiger partial charge in [0.05, 0.1) is 12.8 Å². The molecule has 1 fully saturated rings. The van der Waals surface area contributed by atoms with Crippen LogP contribution in [0.15, 0.2) is 4.42 Å². The Balaban J connectivity index is 1.96. The first-order valence-corrected chi connectivity index (χ1v) is 9.01. The fraction of sp³-hybridized carbons (Fsp3) is 0.846. The molecule has 0 N–H and O–H groups in total. The summed E-state index contributed by atoms with van der Waals surface area (Å²) in [5, 5.41) is 8.17. The van der Waals surface area contributed by atoms with E-state index in [1.807, 2.05) is 20.8 Å². The molecule has 0 aliphatic carbocycles. The maximum absolute atomic E-state index is 11.6. The smallest absolute Gasteiger partial charge is 0.230 e. The molecule has 120 valence electrons. The maximum atomic E-state index is 11.6. The molecular formula is C13H24N4O3S. The molecule has 1 aromatic rings. The van der Waals surface area contributed by atoms with Crippen molar-refractivity contribution in [3.63, 3.8) is 0 Å². The second-order valence-electron chi connectivity index (χ2n) is 6.54. The van der Waals surface area contributed by atoms with Crippen LogP contribution < -0.4 is 0 Å². The lowest BCUT2D eigenvalue weighted by atomic mass is 9.97. The lowest BCUT2D eigenvalue weighted by Crippen LogP contribution is -2.34. The molecule has 0 radical (unpaired) electrons. The molecule has 0 amide bonds. The van der Waals surface area contributed by atoms with Gasteiger partial charge in [0, 0.05) is 25.0 Å². The summed E-state index contributed by atoms with van der Waals surface area (Å²) < 4.78 is 30.4. The van der Waals surface area contributed by atoms with Crippen LogP contribution in [-0.4, -0.2) is 60.3 Å². The predicted molar refractivity (Wildman–Crippen MR) is 79.3 cm³/mol. The van der Waals surface area contributed by atoms with Gasteiger partial charge in [-0.05, 0) is 13.0 Å². The van der Waals surface area contributed by atoms with Gasteiger partial charge >= 0.3 is 0 Å². The monoisotopic (exact) mass is 316 g/mol. The molecule has 0 aromatic carbocycles. The first-order valence-electron chi connectivity index (χ1n) is 7.16. The SMILES string of the molecule is CC(C)(C)c1nnc(CN2CCCN(S(C)(=O)=O)CC2)o1. The van der Waals surface area contributed by atoms with E-state index in [-0.39, 0.29) is 5.41 Å². The third kappa shape index (κ3) is 4.49. The highest BCUT2D eigenvalue weighted by molar-refractivity contribution is 7.88. The summed E-state index contributed by atoms with van der Waals surface area (Å²) >= 11 is 0. The van der Waals surface area contributed by atoms with Crippen molar-refractivity contribution in [3.05, 3.63) is 11.8 Å². The molecule has 1 aromatic heterocycles. The van der Waals surface area contributed by atoms with E-state index in [1.54, 1.807) is 0 Å². The summed E-state index contributed by atoms with van der Waals surface area (Å²) in [6.07, 6.45) is 2.07. The highest BCUT2D eigenvalue weighted by atomic mass is 32.2. The third-order valence-corrected chi connectivity index (χ3v) is 4.79. The van der Waals surface area contributed by atoms with E-state index in [9.17, 15) is 8.42 Å². The van der Waals surface area contributed by atoms with Gasteiger partial charge in [-0.3, -0.25) is 4.90 Å². The highest BCUT2D eigenvalue weighted by Crippen LogP contribution is 2.21. The molecule has 0 unspecified atom stereocenters. The minimum atomic E-state index is -3.11. The van der Waals surface area contributed by atoms with Gasteiger partial charge in [0.25, 0.3) is 0 Å².